The highest BCUT2D eigenvalue weighted by Gasteiger charge is 2.17. The van der Waals surface area contributed by atoms with Gasteiger partial charge in [-0.2, -0.15) is 5.10 Å². The number of aromatic nitrogens is 3. The average molecular weight is 342 g/mol. The van der Waals surface area contributed by atoms with Crippen LogP contribution in [0.25, 0.3) is 0 Å². The van der Waals surface area contributed by atoms with E-state index in [1.54, 1.807) is 30.9 Å². The fraction of sp³-hybridized carbons (Fsp3) is 0.357. The van der Waals surface area contributed by atoms with Crippen molar-refractivity contribution in [2.45, 2.75) is 19.5 Å². The lowest BCUT2D eigenvalue weighted by atomic mass is 10.1. The SMILES string of the molecule is C[C@@H](NC(=O)N(C)Cc1ncnn1C)c1cccc(Cl)c1Cl. The van der Waals surface area contributed by atoms with Gasteiger partial charge in [0.05, 0.1) is 22.6 Å². The topological polar surface area (TPSA) is 63.1 Å². The third kappa shape index (κ3) is 3.69. The van der Waals surface area contributed by atoms with Gasteiger partial charge in [0, 0.05) is 14.1 Å². The van der Waals surface area contributed by atoms with E-state index in [0.717, 1.165) is 5.56 Å². The number of carbonyl (C=O) groups excluding carboxylic acids is 1. The van der Waals surface area contributed by atoms with Crippen LogP contribution in [0.1, 0.15) is 24.4 Å². The summed E-state index contributed by atoms with van der Waals surface area (Å²) < 4.78 is 1.63. The van der Waals surface area contributed by atoms with Gasteiger partial charge in [0.25, 0.3) is 0 Å². The van der Waals surface area contributed by atoms with Gasteiger partial charge in [0.2, 0.25) is 0 Å². The molecule has 22 heavy (non-hydrogen) atoms. The van der Waals surface area contributed by atoms with Gasteiger partial charge in [-0.1, -0.05) is 35.3 Å². The van der Waals surface area contributed by atoms with Gasteiger partial charge in [-0.15, -0.1) is 0 Å². The molecule has 1 N–H and O–H groups in total. The number of nitrogens with zero attached hydrogens (tertiary/aromatic N) is 4. The number of halogens is 2. The zero-order chi connectivity index (χ0) is 16.3. The minimum absolute atomic E-state index is 0.230. The summed E-state index contributed by atoms with van der Waals surface area (Å²) in [6.45, 7) is 2.21. The Morgan fingerprint density at radius 2 is 2.18 bits per heavy atom. The summed E-state index contributed by atoms with van der Waals surface area (Å²) in [5.41, 5.74) is 0.773. The maximum Gasteiger partial charge on any atom is 0.318 e. The van der Waals surface area contributed by atoms with E-state index in [1.165, 1.54) is 11.2 Å². The molecule has 2 aromatic rings. The quantitative estimate of drug-likeness (QED) is 0.929. The first-order valence-corrected chi connectivity index (χ1v) is 7.44. The Morgan fingerprint density at radius 3 is 2.82 bits per heavy atom. The molecule has 8 heteroatoms. The highest BCUT2D eigenvalue weighted by molar-refractivity contribution is 6.42. The Morgan fingerprint density at radius 1 is 1.45 bits per heavy atom. The molecule has 0 fully saturated rings. The molecule has 0 radical (unpaired) electrons. The van der Waals surface area contributed by atoms with Gasteiger partial charge in [-0.25, -0.2) is 9.78 Å². The van der Waals surface area contributed by atoms with Gasteiger partial charge in [-0.3, -0.25) is 4.68 Å². The van der Waals surface area contributed by atoms with Crippen LogP contribution in [-0.4, -0.2) is 32.7 Å². The first kappa shape index (κ1) is 16.6. The number of nitrogens with one attached hydrogen (secondary N) is 1. The molecule has 0 aliphatic heterocycles. The molecular weight excluding hydrogens is 325 g/mol. The van der Waals surface area contributed by atoms with Crippen LogP contribution in [-0.2, 0) is 13.6 Å². The van der Waals surface area contributed by atoms with E-state index >= 15 is 0 Å². The van der Waals surface area contributed by atoms with Crippen LogP contribution < -0.4 is 5.32 Å². The van der Waals surface area contributed by atoms with E-state index in [2.05, 4.69) is 15.4 Å². The molecule has 0 aliphatic rings. The monoisotopic (exact) mass is 341 g/mol. The van der Waals surface area contributed by atoms with Crippen molar-refractivity contribution in [2.24, 2.45) is 7.05 Å². The molecule has 2 rings (SSSR count). The fourth-order valence-electron chi connectivity index (χ4n) is 1.98. The van der Waals surface area contributed by atoms with Crippen LogP contribution >= 0.6 is 23.2 Å². The van der Waals surface area contributed by atoms with Gasteiger partial charge in [0.15, 0.2) is 0 Å². The molecule has 0 saturated carbocycles. The number of rotatable bonds is 4. The summed E-state index contributed by atoms with van der Waals surface area (Å²) in [6.07, 6.45) is 1.45. The van der Waals surface area contributed by atoms with Crippen LogP contribution in [0, 0.1) is 0 Å². The molecule has 1 heterocycles. The lowest BCUT2D eigenvalue weighted by molar-refractivity contribution is 0.202. The molecule has 1 atom stereocenters. The molecule has 0 saturated heterocycles. The van der Waals surface area contributed by atoms with E-state index in [-0.39, 0.29) is 12.1 Å². The van der Waals surface area contributed by atoms with Gasteiger partial charge in [0.1, 0.15) is 12.2 Å². The summed E-state index contributed by atoms with van der Waals surface area (Å²) in [6, 6.07) is 4.85. The fourth-order valence-corrected chi connectivity index (χ4v) is 2.45. The van der Waals surface area contributed by atoms with Crippen LogP contribution in [0.4, 0.5) is 4.79 Å². The second kappa shape index (κ2) is 6.98. The van der Waals surface area contributed by atoms with Crippen molar-refractivity contribution in [3.05, 3.63) is 46.0 Å². The molecule has 0 unspecified atom stereocenters. The predicted octanol–water partition coefficient (Wildman–Crippen LogP) is 3.02. The normalized spacial score (nSPS) is 12.0. The van der Waals surface area contributed by atoms with Crippen molar-refractivity contribution in [3.63, 3.8) is 0 Å². The van der Waals surface area contributed by atoms with Gasteiger partial charge >= 0.3 is 6.03 Å². The third-order valence-electron chi connectivity index (χ3n) is 3.32. The van der Waals surface area contributed by atoms with Crippen molar-refractivity contribution >= 4 is 29.2 Å². The number of amides is 2. The van der Waals surface area contributed by atoms with Crippen LogP contribution in [0.2, 0.25) is 10.0 Å². The lowest BCUT2D eigenvalue weighted by Crippen LogP contribution is -2.38. The zero-order valence-corrected chi connectivity index (χ0v) is 14.1. The number of aryl methyl sites for hydroxylation is 1. The Labute approximate surface area is 139 Å². The smallest absolute Gasteiger partial charge is 0.318 e. The van der Waals surface area contributed by atoms with E-state index in [9.17, 15) is 4.79 Å². The second-order valence-electron chi connectivity index (χ2n) is 4.97. The van der Waals surface area contributed by atoms with Gasteiger partial charge in [-0.05, 0) is 18.6 Å². The van der Waals surface area contributed by atoms with Crippen molar-refractivity contribution in [1.82, 2.24) is 25.0 Å². The predicted molar refractivity (Wildman–Crippen MR) is 85.9 cm³/mol. The molecule has 1 aromatic heterocycles. The Kier molecular flexibility index (Phi) is 5.26. The third-order valence-corrected chi connectivity index (χ3v) is 4.15. The molecule has 0 aliphatic carbocycles. The number of urea groups is 1. The number of hydrogen-bond donors (Lipinski definition) is 1. The number of benzene rings is 1. The molecule has 1 aromatic carbocycles. The number of carbonyl (C=O) groups is 1. The minimum Gasteiger partial charge on any atom is -0.331 e. The first-order chi connectivity index (χ1) is 10.4. The second-order valence-corrected chi connectivity index (χ2v) is 5.76. The summed E-state index contributed by atoms with van der Waals surface area (Å²) in [5, 5.41) is 7.77. The Hall–Kier alpha value is -1.79. The standard InChI is InChI=1S/C14H17Cl2N5O/c1-9(10-5-4-6-11(15)13(10)16)19-14(22)20(2)7-12-17-8-18-21(12)3/h4-6,8-9H,7H2,1-3H3,(H,19,22)/t9-/m1/s1. The van der Waals surface area contributed by atoms with Crippen LogP contribution in [0.5, 0.6) is 0 Å². The van der Waals surface area contributed by atoms with Crippen molar-refractivity contribution in [2.75, 3.05) is 7.05 Å². The van der Waals surface area contributed by atoms with Crippen molar-refractivity contribution in [3.8, 4) is 0 Å². The van der Waals surface area contributed by atoms with E-state index < -0.39 is 0 Å². The van der Waals surface area contributed by atoms with E-state index in [0.29, 0.717) is 22.4 Å². The summed E-state index contributed by atoms with van der Waals surface area (Å²) in [5.74, 6) is 0.700. The van der Waals surface area contributed by atoms with Crippen molar-refractivity contribution in [1.29, 1.82) is 0 Å². The van der Waals surface area contributed by atoms with Crippen LogP contribution in [0.3, 0.4) is 0 Å². The lowest BCUT2D eigenvalue weighted by Gasteiger charge is -2.22. The first-order valence-electron chi connectivity index (χ1n) is 6.68. The molecular formula is C14H17Cl2N5O. The molecule has 0 spiro atoms. The highest BCUT2D eigenvalue weighted by Crippen LogP contribution is 2.29. The molecule has 2 amide bonds. The highest BCUT2D eigenvalue weighted by atomic mass is 35.5. The molecule has 0 bridgehead atoms. The molecule has 6 nitrogen and oxygen atoms in total. The van der Waals surface area contributed by atoms with Crippen molar-refractivity contribution < 1.29 is 4.79 Å². The van der Waals surface area contributed by atoms with E-state index in [1.807, 2.05) is 13.0 Å². The minimum atomic E-state index is -0.263. The average Bonchev–Trinajstić information content (AvgIpc) is 2.87. The Balaban J connectivity index is 2.01. The summed E-state index contributed by atoms with van der Waals surface area (Å²) in [7, 11) is 3.47. The summed E-state index contributed by atoms with van der Waals surface area (Å²) in [4.78, 5) is 17.9. The summed E-state index contributed by atoms with van der Waals surface area (Å²) >= 11 is 12.2. The Bertz CT molecular complexity index is 673. The molecule has 118 valence electrons. The zero-order valence-electron chi connectivity index (χ0n) is 12.5. The maximum absolute atomic E-state index is 12.2. The number of hydrogen-bond acceptors (Lipinski definition) is 3. The van der Waals surface area contributed by atoms with Crippen LogP contribution in [0.15, 0.2) is 24.5 Å². The van der Waals surface area contributed by atoms with Gasteiger partial charge < -0.3 is 10.2 Å². The largest absolute Gasteiger partial charge is 0.331 e. The maximum atomic E-state index is 12.2. The van der Waals surface area contributed by atoms with E-state index in [4.69, 9.17) is 23.2 Å².